The van der Waals surface area contributed by atoms with Crippen molar-refractivity contribution in [1.29, 1.82) is 0 Å². The van der Waals surface area contributed by atoms with Gasteiger partial charge in [0.15, 0.2) is 0 Å². The Balaban J connectivity index is 2.43. The first kappa shape index (κ1) is 14.4. The van der Waals surface area contributed by atoms with Crippen LogP contribution in [0.15, 0.2) is 48.5 Å². The maximum atomic E-state index is 9.47. The van der Waals surface area contributed by atoms with E-state index in [1.165, 1.54) is 11.1 Å². The molecule has 2 rings (SSSR count). The van der Waals surface area contributed by atoms with E-state index in [1.54, 1.807) is 24.3 Å². The highest BCUT2D eigenvalue weighted by molar-refractivity contribution is 5.42. The van der Waals surface area contributed by atoms with E-state index in [1.807, 2.05) is 24.3 Å². The third kappa shape index (κ3) is 2.96. The summed E-state index contributed by atoms with van der Waals surface area (Å²) in [6.45, 7) is 4.41. The van der Waals surface area contributed by atoms with Gasteiger partial charge in [-0.05, 0) is 41.8 Å². The van der Waals surface area contributed by atoms with Gasteiger partial charge in [-0.2, -0.15) is 0 Å². The number of aromatic hydroxyl groups is 2. The molecule has 0 bridgehead atoms. The molecule has 2 aromatic rings. The summed E-state index contributed by atoms with van der Waals surface area (Å²) >= 11 is 0. The lowest BCUT2D eigenvalue weighted by molar-refractivity contribution is 0.467. The van der Waals surface area contributed by atoms with Gasteiger partial charge >= 0.3 is 0 Å². The first-order chi connectivity index (χ1) is 9.56. The summed E-state index contributed by atoms with van der Waals surface area (Å²) in [5, 5.41) is 18.9. The van der Waals surface area contributed by atoms with Crippen LogP contribution in [0.5, 0.6) is 11.5 Å². The highest BCUT2D eigenvalue weighted by atomic mass is 16.3. The third-order valence-electron chi connectivity index (χ3n) is 4.04. The van der Waals surface area contributed by atoms with Crippen LogP contribution in [0.1, 0.15) is 44.2 Å². The molecule has 0 unspecified atom stereocenters. The van der Waals surface area contributed by atoms with Crippen molar-refractivity contribution in [3.05, 3.63) is 59.7 Å². The van der Waals surface area contributed by atoms with Gasteiger partial charge in [-0.3, -0.25) is 0 Å². The average Bonchev–Trinajstić information content (AvgIpc) is 2.46. The van der Waals surface area contributed by atoms with Crippen molar-refractivity contribution in [3.8, 4) is 11.5 Å². The third-order valence-corrected chi connectivity index (χ3v) is 4.04. The van der Waals surface area contributed by atoms with E-state index in [-0.39, 0.29) is 16.9 Å². The van der Waals surface area contributed by atoms with Crippen molar-refractivity contribution in [2.24, 2.45) is 0 Å². The van der Waals surface area contributed by atoms with Crippen LogP contribution in [0, 0.1) is 0 Å². The van der Waals surface area contributed by atoms with E-state index >= 15 is 0 Å². The zero-order valence-electron chi connectivity index (χ0n) is 12.1. The number of hydrogen-bond acceptors (Lipinski definition) is 2. The van der Waals surface area contributed by atoms with Crippen LogP contribution in [0.3, 0.4) is 0 Å². The van der Waals surface area contributed by atoms with Gasteiger partial charge in [0.1, 0.15) is 11.5 Å². The fraction of sp³-hybridized carbons (Fsp3) is 0.333. The van der Waals surface area contributed by atoms with Crippen molar-refractivity contribution in [2.45, 2.75) is 38.5 Å². The van der Waals surface area contributed by atoms with Crippen molar-refractivity contribution >= 4 is 0 Å². The normalized spacial score (nSPS) is 11.5. The molecule has 20 heavy (non-hydrogen) atoms. The van der Waals surface area contributed by atoms with E-state index in [9.17, 15) is 10.2 Å². The summed E-state index contributed by atoms with van der Waals surface area (Å²) in [4.78, 5) is 0. The molecule has 106 valence electrons. The van der Waals surface area contributed by atoms with Crippen molar-refractivity contribution in [2.75, 3.05) is 0 Å². The Labute approximate surface area is 120 Å². The zero-order valence-corrected chi connectivity index (χ0v) is 12.1. The van der Waals surface area contributed by atoms with Gasteiger partial charge in [-0.25, -0.2) is 0 Å². The predicted molar refractivity (Wildman–Crippen MR) is 82.2 cm³/mol. The van der Waals surface area contributed by atoms with Crippen LogP contribution < -0.4 is 0 Å². The number of phenolic OH excluding ortho intramolecular Hbond substituents is 2. The molecular weight excluding hydrogens is 248 g/mol. The maximum Gasteiger partial charge on any atom is 0.115 e. The molecular formula is C18H22O2. The largest absolute Gasteiger partial charge is 0.508 e. The van der Waals surface area contributed by atoms with E-state index in [2.05, 4.69) is 13.8 Å². The van der Waals surface area contributed by atoms with E-state index in [0.29, 0.717) is 0 Å². The standard InChI is InChI=1S/C18H22O2/c1-3-4-13-18(2,14-5-9-16(19)10-6-14)15-7-11-17(20)12-8-15/h5-12,19-20H,3-4,13H2,1-2H3. The van der Waals surface area contributed by atoms with Gasteiger partial charge in [-0.1, -0.05) is 51.0 Å². The van der Waals surface area contributed by atoms with E-state index < -0.39 is 0 Å². The van der Waals surface area contributed by atoms with Crippen LogP contribution in [0.25, 0.3) is 0 Å². The average molecular weight is 270 g/mol. The molecule has 2 N–H and O–H groups in total. The number of hydrogen-bond donors (Lipinski definition) is 2. The second-order valence-corrected chi connectivity index (χ2v) is 5.53. The molecule has 2 heteroatoms. The summed E-state index contributed by atoms with van der Waals surface area (Å²) in [6.07, 6.45) is 3.32. The lowest BCUT2D eigenvalue weighted by Gasteiger charge is -2.31. The SMILES string of the molecule is CCCCC(C)(c1ccc(O)cc1)c1ccc(O)cc1. The summed E-state index contributed by atoms with van der Waals surface area (Å²) in [6, 6.07) is 14.9. The van der Waals surface area contributed by atoms with E-state index in [0.717, 1.165) is 19.3 Å². The van der Waals surface area contributed by atoms with Gasteiger partial charge in [0.25, 0.3) is 0 Å². The molecule has 0 heterocycles. The Hall–Kier alpha value is -1.96. The lowest BCUT2D eigenvalue weighted by atomic mass is 9.73. The minimum atomic E-state index is -0.0998. The molecule has 0 saturated heterocycles. The Morgan fingerprint density at radius 1 is 0.800 bits per heavy atom. The number of benzene rings is 2. The van der Waals surface area contributed by atoms with Crippen molar-refractivity contribution in [1.82, 2.24) is 0 Å². The Morgan fingerprint density at radius 3 is 1.55 bits per heavy atom. The van der Waals surface area contributed by atoms with Gasteiger partial charge in [-0.15, -0.1) is 0 Å². The fourth-order valence-electron chi connectivity index (χ4n) is 2.64. The first-order valence-corrected chi connectivity index (χ1v) is 7.15. The molecule has 0 atom stereocenters. The van der Waals surface area contributed by atoms with Crippen LogP contribution in [-0.2, 0) is 5.41 Å². The lowest BCUT2D eigenvalue weighted by Crippen LogP contribution is -2.23. The minimum absolute atomic E-state index is 0.0998. The summed E-state index contributed by atoms with van der Waals surface area (Å²) in [5.74, 6) is 0.578. The second kappa shape index (κ2) is 6.00. The van der Waals surface area contributed by atoms with Gasteiger partial charge in [0.2, 0.25) is 0 Å². The topological polar surface area (TPSA) is 40.5 Å². The van der Waals surface area contributed by atoms with E-state index in [4.69, 9.17) is 0 Å². The molecule has 0 fully saturated rings. The molecule has 0 aliphatic rings. The summed E-state index contributed by atoms with van der Waals surface area (Å²) in [5.41, 5.74) is 2.28. The molecule has 2 aromatic carbocycles. The first-order valence-electron chi connectivity index (χ1n) is 7.15. The Kier molecular flexibility index (Phi) is 4.33. The van der Waals surface area contributed by atoms with Gasteiger partial charge < -0.3 is 10.2 Å². The number of phenols is 2. The van der Waals surface area contributed by atoms with Gasteiger partial charge in [0.05, 0.1) is 0 Å². The van der Waals surface area contributed by atoms with Gasteiger partial charge in [0, 0.05) is 5.41 Å². The highest BCUT2D eigenvalue weighted by Crippen LogP contribution is 2.37. The van der Waals surface area contributed by atoms with Crippen molar-refractivity contribution in [3.63, 3.8) is 0 Å². The minimum Gasteiger partial charge on any atom is -0.508 e. The summed E-state index contributed by atoms with van der Waals surface area (Å²) in [7, 11) is 0. The molecule has 0 saturated carbocycles. The molecule has 0 radical (unpaired) electrons. The Bertz CT molecular complexity index is 495. The van der Waals surface area contributed by atoms with Crippen LogP contribution >= 0.6 is 0 Å². The second-order valence-electron chi connectivity index (χ2n) is 5.53. The summed E-state index contributed by atoms with van der Waals surface area (Å²) < 4.78 is 0. The number of unbranched alkanes of at least 4 members (excludes halogenated alkanes) is 1. The predicted octanol–water partition coefficient (Wildman–Crippen LogP) is 4.59. The molecule has 2 nitrogen and oxygen atoms in total. The van der Waals surface area contributed by atoms with Crippen LogP contribution in [-0.4, -0.2) is 10.2 Å². The molecule has 0 spiro atoms. The zero-order chi connectivity index (χ0) is 14.6. The molecule has 0 amide bonds. The maximum absolute atomic E-state index is 9.47. The molecule has 0 aromatic heterocycles. The smallest absolute Gasteiger partial charge is 0.115 e. The highest BCUT2D eigenvalue weighted by Gasteiger charge is 2.28. The number of rotatable bonds is 5. The van der Waals surface area contributed by atoms with Crippen molar-refractivity contribution < 1.29 is 10.2 Å². The quantitative estimate of drug-likeness (QED) is 0.834. The van der Waals surface area contributed by atoms with Crippen LogP contribution in [0.4, 0.5) is 0 Å². The van der Waals surface area contributed by atoms with Crippen LogP contribution in [0.2, 0.25) is 0 Å². The molecule has 0 aliphatic heterocycles. The molecule has 0 aliphatic carbocycles. The Morgan fingerprint density at radius 2 is 1.20 bits per heavy atom. The monoisotopic (exact) mass is 270 g/mol. The fourth-order valence-corrected chi connectivity index (χ4v) is 2.64.